The summed E-state index contributed by atoms with van der Waals surface area (Å²) in [5.74, 6) is -1.38. The molecule has 24 heavy (non-hydrogen) atoms. The molecule has 0 aromatic heterocycles. The van der Waals surface area contributed by atoms with Gasteiger partial charge in [-0.05, 0) is 17.9 Å². The lowest BCUT2D eigenvalue weighted by Crippen LogP contribution is -2.49. The van der Waals surface area contributed by atoms with E-state index in [1.54, 1.807) is 0 Å². The molecule has 132 valence electrons. The Labute approximate surface area is 143 Å². The van der Waals surface area contributed by atoms with Crippen molar-refractivity contribution in [3.05, 3.63) is 35.9 Å². The van der Waals surface area contributed by atoms with Crippen LogP contribution in [0.3, 0.4) is 0 Å². The van der Waals surface area contributed by atoms with Crippen molar-refractivity contribution in [2.45, 2.75) is 39.2 Å². The number of carbonyl (C=O) groups excluding carboxylic acids is 3. The average molecular weight is 333 g/mol. The molecule has 0 fully saturated rings. The van der Waals surface area contributed by atoms with Crippen LogP contribution >= 0.6 is 0 Å². The fourth-order valence-electron chi connectivity index (χ4n) is 2.62. The molecule has 6 nitrogen and oxygen atoms in total. The van der Waals surface area contributed by atoms with Gasteiger partial charge in [-0.3, -0.25) is 14.4 Å². The van der Waals surface area contributed by atoms with Crippen LogP contribution in [-0.4, -0.2) is 30.8 Å². The first-order chi connectivity index (χ1) is 11.3. The quantitative estimate of drug-likeness (QED) is 0.628. The minimum absolute atomic E-state index is 0.0180. The van der Waals surface area contributed by atoms with Crippen LogP contribution in [0.2, 0.25) is 0 Å². The van der Waals surface area contributed by atoms with Crippen molar-refractivity contribution in [2.24, 2.45) is 17.6 Å². The number of nitrogens with one attached hydrogen (secondary N) is 2. The van der Waals surface area contributed by atoms with E-state index in [0.29, 0.717) is 12.8 Å². The first kappa shape index (κ1) is 19.7. The number of benzene rings is 1. The molecule has 0 radical (unpaired) electrons. The fourth-order valence-corrected chi connectivity index (χ4v) is 2.62. The Morgan fingerprint density at radius 3 is 2.21 bits per heavy atom. The highest BCUT2D eigenvalue weighted by Crippen LogP contribution is 2.16. The monoisotopic (exact) mass is 333 g/mol. The summed E-state index contributed by atoms with van der Waals surface area (Å²) in [5, 5.41) is 5.33. The number of hydrogen-bond acceptors (Lipinski definition) is 3. The fraction of sp³-hybridized carbons (Fsp3) is 0.500. The number of primary amides is 1. The van der Waals surface area contributed by atoms with Crippen molar-refractivity contribution >= 4 is 17.7 Å². The first-order valence-corrected chi connectivity index (χ1v) is 8.17. The van der Waals surface area contributed by atoms with Crippen LogP contribution in [-0.2, 0) is 20.8 Å². The number of nitrogens with two attached hydrogens (primary N) is 1. The molecule has 0 saturated heterocycles. The molecule has 2 atom stereocenters. The van der Waals surface area contributed by atoms with Gasteiger partial charge in [0.05, 0.1) is 0 Å². The highest BCUT2D eigenvalue weighted by atomic mass is 16.2. The normalized spacial score (nSPS) is 13.2. The lowest BCUT2D eigenvalue weighted by atomic mass is 9.92. The zero-order valence-corrected chi connectivity index (χ0v) is 14.5. The van der Waals surface area contributed by atoms with E-state index < -0.39 is 17.9 Å². The SMILES string of the molecule is CNC(=O)C(Cc1ccccc1)NC(=O)C(CC(N)=O)CC(C)C. The van der Waals surface area contributed by atoms with Crippen molar-refractivity contribution < 1.29 is 14.4 Å². The van der Waals surface area contributed by atoms with E-state index in [0.717, 1.165) is 5.56 Å². The summed E-state index contributed by atoms with van der Waals surface area (Å²) in [5.41, 5.74) is 6.20. The van der Waals surface area contributed by atoms with E-state index in [-0.39, 0.29) is 24.2 Å². The standard InChI is InChI=1S/C18H27N3O3/c1-12(2)9-14(11-16(19)22)17(23)21-15(18(24)20-3)10-13-7-5-4-6-8-13/h4-8,12,14-15H,9-11H2,1-3H3,(H2,19,22)(H,20,24)(H,21,23). The van der Waals surface area contributed by atoms with Crippen LogP contribution in [0.5, 0.6) is 0 Å². The number of carbonyl (C=O) groups is 3. The predicted molar refractivity (Wildman–Crippen MR) is 92.9 cm³/mol. The van der Waals surface area contributed by atoms with Crippen LogP contribution in [0.15, 0.2) is 30.3 Å². The molecule has 2 unspecified atom stereocenters. The maximum Gasteiger partial charge on any atom is 0.242 e. The Hall–Kier alpha value is -2.37. The van der Waals surface area contributed by atoms with Gasteiger partial charge in [-0.2, -0.15) is 0 Å². The van der Waals surface area contributed by atoms with E-state index >= 15 is 0 Å². The molecule has 0 aliphatic rings. The summed E-state index contributed by atoms with van der Waals surface area (Å²) in [6, 6.07) is 8.77. The van der Waals surface area contributed by atoms with Crippen LogP contribution in [0.4, 0.5) is 0 Å². The van der Waals surface area contributed by atoms with Crippen LogP contribution in [0.1, 0.15) is 32.3 Å². The van der Waals surface area contributed by atoms with Gasteiger partial charge in [0.15, 0.2) is 0 Å². The molecule has 1 rings (SSSR count). The Kier molecular flexibility index (Phi) is 7.95. The maximum absolute atomic E-state index is 12.5. The molecular formula is C18H27N3O3. The molecule has 1 aromatic rings. The smallest absolute Gasteiger partial charge is 0.242 e. The third kappa shape index (κ3) is 6.81. The second-order valence-electron chi connectivity index (χ2n) is 6.36. The van der Waals surface area contributed by atoms with Gasteiger partial charge in [-0.25, -0.2) is 0 Å². The minimum atomic E-state index is -0.688. The van der Waals surface area contributed by atoms with Gasteiger partial charge >= 0.3 is 0 Å². The second kappa shape index (κ2) is 9.70. The van der Waals surface area contributed by atoms with Gasteiger partial charge in [0.2, 0.25) is 17.7 Å². The molecule has 0 heterocycles. The number of hydrogen-bond donors (Lipinski definition) is 3. The third-order valence-corrected chi connectivity index (χ3v) is 3.74. The van der Waals surface area contributed by atoms with Gasteiger partial charge in [0.25, 0.3) is 0 Å². The van der Waals surface area contributed by atoms with E-state index in [1.807, 2.05) is 44.2 Å². The molecule has 0 aliphatic heterocycles. The first-order valence-electron chi connectivity index (χ1n) is 8.17. The van der Waals surface area contributed by atoms with Gasteiger partial charge < -0.3 is 16.4 Å². The molecule has 0 bridgehead atoms. The Morgan fingerprint density at radius 2 is 1.71 bits per heavy atom. The van der Waals surface area contributed by atoms with Crippen LogP contribution in [0.25, 0.3) is 0 Å². The van der Waals surface area contributed by atoms with E-state index in [2.05, 4.69) is 10.6 Å². The molecular weight excluding hydrogens is 306 g/mol. The van der Waals surface area contributed by atoms with Crippen molar-refractivity contribution in [1.82, 2.24) is 10.6 Å². The van der Waals surface area contributed by atoms with Crippen molar-refractivity contribution in [1.29, 1.82) is 0 Å². The summed E-state index contributed by atoms with van der Waals surface area (Å²) < 4.78 is 0. The molecule has 0 aliphatic carbocycles. The zero-order valence-electron chi connectivity index (χ0n) is 14.5. The predicted octanol–water partition coefficient (Wildman–Crippen LogP) is 0.998. The van der Waals surface area contributed by atoms with Gasteiger partial charge in [-0.15, -0.1) is 0 Å². The van der Waals surface area contributed by atoms with Gasteiger partial charge in [-0.1, -0.05) is 44.2 Å². The lowest BCUT2D eigenvalue weighted by Gasteiger charge is -2.22. The lowest BCUT2D eigenvalue weighted by molar-refractivity contribution is -0.133. The molecule has 0 saturated carbocycles. The largest absolute Gasteiger partial charge is 0.370 e. The second-order valence-corrected chi connectivity index (χ2v) is 6.36. The van der Waals surface area contributed by atoms with E-state index in [4.69, 9.17) is 5.73 Å². The number of rotatable bonds is 9. The molecule has 1 aromatic carbocycles. The average Bonchev–Trinajstić information content (AvgIpc) is 2.52. The highest BCUT2D eigenvalue weighted by molar-refractivity contribution is 5.90. The zero-order chi connectivity index (χ0) is 18.1. The van der Waals surface area contributed by atoms with Gasteiger partial charge in [0, 0.05) is 25.8 Å². The van der Waals surface area contributed by atoms with Gasteiger partial charge in [0.1, 0.15) is 6.04 Å². The maximum atomic E-state index is 12.5. The molecule has 0 spiro atoms. The van der Waals surface area contributed by atoms with Crippen LogP contribution < -0.4 is 16.4 Å². The molecule has 3 amide bonds. The summed E-state index contributed by atoms with van der Waals surface area (Å²) in [4.78, 5) is 35.9. The summed E-state index contributed by atoms with van der Waals surface area (Å²) in [6.45, 7) is 3.95. The Bertz CT molecular complexity index is 558. The minimum Gasteiger partial charge on any atom is -0.370 e. The van der Waals surface area contributed by atoms with Crippen molar-refractivity contribution in [3.63, 3.8) is 0 Å². The Balaban J connectivity index is 2.84. The third-order valence-electron chi connectivity index (χ3n) is 3.74. The van der Waals surface area contributed by atoms with Crippen LogP contribution in [0, 0.1) is 11.8 Å². The van der Waals surface area contributed by atoms with E-state index in [9.17, 15) is 14.4 Å². The number of likely N-dealkylation sites (N-methyl/N-ethyl adjacent to an activating group) is 1. The van der Waals surface area contributed by atoms with E-state index in [1.165, 1.54) is 7.05 Å². The summed E-state index contributed by atoms with van der Waals surface area (Å²) >= 11 is 0. The summed E-state index contributed by atoms with van der Waals surface area (Å²) in [6.07, 6.45) is 0.910. The van der Waals surface area contributed by atoms with Crippen molar-refractivity contribution in [2.75, 3.05) is 7.05 Å². The summed E-state index contributed by atoms with van der Waals surface area (Å²) in [7, 11) is 1.53. The molecule has 4 N–H and O–H groups in total. The topological polar surface area (TPSA) is 101 Å². The Morgan fingerprint density at radius 1 is 1.08 bits per heavy atom. The van der Waals surface area contributed by atoms with Crippen molar-refractivity contribution in [3.8, 4) is 0 Å². The highest BCUT2D eigenvalue weighted by Gasteiger charge is 2.27. The number of amides is 3. The molecule has 6 heteroatoms.